The van der Waals surface area contributed by atoms with Crippen LogP contribution >= 0.6 is 0 Å². The van der Waals surface area contributed by atoms with Crippen LogP contribution in [0.15, 0.2) is 0 Å². The van der Waals surface area contributed by atoms with Gasteiger partial charge in [0, 0.05) is 12.1 Å². The van der Waals surface area contributed by atoms with Crippen LogP contribution in [-0.4, -0.2) is 54.6 Å². The third-order valence-electron chi connectivity index (χ3n) is 4.18. The number of hydrogen-bond acceptors (Lipinski definition) is 3. The Labute approximate surface area is 107 Å². The number of nitrogens with zero attached hydrogens (tertiary/aromatic N) is 2. The van der Waals surface area contributed by atoms with E-state index in [0.29, 0.717) is 0 Å². The van der Waals surface area contributed by atoms with Gasteiger partial charge in [-0.1, -0.05) is 20.8 Å². The Bertz CT molecular complexity index is 198. The zero-order chi connectivity index (χ0) is 12.7. The number of rotatable bonds is 9. The molecule has 102 valence electrons. The van der Waals surface area contributed by atoms with E-state index in [0.717, 1.165) is 13.1 Å². The van der Waals surface area contributed by atoms with Gasteiger partial charge in [0.25, 0.3) is 0 Å². The van der Waals surface area contributed by atoms with Gasteiger partial charge in [-0.15, -0.1) is 0 Å². The monoisotopic (exact) mass is 241 g/mol. The predicted octanol–water partition coefficient (Wildman–Crippen LogP) is 1.92. The van der Waals surface area contributed by atoms with E-state index in [1.54, 1.807) is 0 Å². The molecule has 17 heavy (non-hydrogen) atoms. The van der Waals surface area contributed by atoms with E-state index >= 15 is 0 Å². The topological polar surface area (TPSA) is 32.5 Å². The zero-order valence-corrected chi connectivity index (χ0v) is 12.0. The highest BCUT2D eigenvalue weighted by Crippen LogP contribution is 2.29. The molecule has 1 saturated carbocycles. The van der Waals surface area contributed by atoms with Crippen molar-refractivity contribution in [2.24, 2.45) is 5.73 Å². The van der Waals surface area contributed by atoms with Gasteiger partial charge >= 0.3 is 0 Å². The van der Waals surface area contributed by atoms with Crippen LogP contribution in [0, 0.1) is 0 Å². The fraction of sp³-hybridized carbons (Fsp3) is 1.00. The van der Waals surface area contributed by atoms with Gasteiger partial charge in [-0.05, 0) is 58.4 Å². The lowest BCUT2D eigenvalue weighted by atomic mass is 9.77. The molecule has 3 nitrogen and oxygen atoms in total. The average Bonchev–Trinajstić information content (AvgIpc) is 2.31. The first kappa shape index (κ1) is 14.9. The molecule has 0 heterocycles. The molecule has 0 radical (unpaired) electrons. The standard InChI is InChI=1S/C14H31N3/c1-4-16(5-2)11-8-12-17(6-3)13-14(15)9-7-10-14/h4-13,15H2,1-3H3. The molecule has 0 unspecified atom stereocenters. The van der Waals surface area contributed by atoms with Crippen LogP contribution in [0.5, 0.6) is 0 Å². The van der Waals surface area contributed by atoms with Gasteiger partial charge in [0.15, 0.2) is 0 Å². The number of likely N-dealkylation sites (N-methyl/N-ethyl adjacent to an activating group) is 1. The second-order valence-corrected chi connectivity index (χ2v) is 5.47. The summed E-state index contributed by atoms with van der Waals surface area (Å²) in [5.74, 6) is 0. The maximum Gasteiger partial charge on any atom is 0.0283 e. The summed E-state index contributed by atoms with van der Waals surface area (Å²) < 4.78 is 0. The molecule has 1 rings (SSSR count). The summed E-state index contributed by atoms with van der Waals surface area (Å²) in [6.07, 6.45) is 5.04. The molecule has 0 amide bonds. The highest BCUT2D eigenvalue weighted by Gasteiger charge is 2.33. The Morgan fingerprint density at radius 3 is 1.88 bits per heavy atom. The van der Waals surface area contributed by atoms with Crippen molar-refractivity contribution >= 4 is 0 Å². The van der Waals surface area contributed by atoms with Crippen molar-refractivity contribution in [2.45, 2.75) is 52.0 Å². The zero-order valence-electron chi connectivity index (χ0n) is 12.0. The molecule has 0 saturated heterocycles. The molecule has 1 aliphatic rings. The Morgan fingerprint density at radius 2 is 1.47 bits per heavy atom. The van der Waals surface area contributed by atoms with Gasteiger partial charge in [-0.3, -0.25) is 0 Å². The minimum atomic E-state index is 0.144. The van der Waals surface area contributed by atoms with Gasteiger partial charge in [0.05, 0.1) is 0 Å². The molecule has 0 aromatic rings. The van der Waals surface area contributed by atoms with Gasteiger partial charge in [-0.2, -0.15) is 0 Å². The fourth-order valence-electron chi connectivity index (χ4n) is 2.64. The molecule has 2 N–H and O–H groups in total. The van der Waals surface area contributed by atoms with Crippen molar-refractivity contribution in [2.75, 3.05) is 39.3 Å². The lowest BCUT2D eigenvalue weighted by molar-refractivity contribution is 0.143. The lowest BCUT2D eigenvalue weighted by Gasteiger charge is -2.42. The maximum absolute atomic E-state index is 6.31. The molecule has 3 heteroatoms. The summed E-state index contributed by atoms with van der Waals surface area (Å²) in [6.45, 7) is 13.7. The summed E-state index contributed by atoms with van der Waals surface area (Å²) in [5, 5.41) is 0. The predicted molar refractivity (Wildman–Crippen MR) is 75.3 cm³/mol. The molecular weight excluding hydrogens is 210 g/mol. The van der Waals surface area contributed by atoms with Crippen molar-refractivity contribution < 1.29 is 0 Å². The Morgan fingerprint density at radius 1 is 0.941 bits per heavy atom. The third-order valence-corrected chi connectivity index (χ3v) is 4.18. The lowest BCUT2D eigenvalue weighted by Crippen LogP contribution is -2.55. The van der Waals surface area contributed by atoms with E-state index in [-0.39, 0.29) is 5.54 Å². The molecular formula is C14H31N3. The van der Waals surface area contributed by atoms with Crippen LogP contribution in [0.1, 0.15) is 46.5 Å². The van der Waals surface area contributed by atoms with Crippen LogP contribution in [0.2, 0.25) is 0 Å². The van der Waals surface area contributed by atoms with E-state index < -0.39 is 0 Å². The highest BCUT2D eigenvalue weighted by atomic mass is 15.2. The first-order chi connectivity index (χ1) is 8.13. The summed E-state index contributed by atoms with van der Waals surface area (Å²) >= 11 is 0. The first-order valence-electron chi connectivity index (χ1n) is 7.37. The maximum atomic E-state index is 6.31. The molecule has 0 aromatic heterocycles. The quantitative estimate of drug-likeness (QED) is 0.669. The van der Waals surface area contributed by atoms with Crippen LogP contribution in [0.3, 0.4) is 0 Å². The van der Waals surface area contributed by atoms with Crippen molar-refractivity contribution in [3.8, 4) is 0 Å². The molecule has 0 bridgehead atoms. The third kappa shape index (κ3) is 4.94. The molecule has 1 aliphatic carbocycles. The van der Waals surface area contributed by atoms with E-state index in [9.17, 15) is 0 Å². The molecule has 1 fully saturated rings. The normalized spacial score (nSPS) is 18.7. The number of hydrogen-bond donors (Lipinski definition) is 1. The summed E-state index contributed by atoms with van der Waals surface area (Å²) in [4.78, 5) is 5.03. The first-order valence-corrected chi connectivity index (χ1v) is 7.37. The highest BCUT2D eigenvalue weighted by molar-refractivity contribution is 4.95. The van der Waals surface area contributed by atoms with Crippen LogP contribution < -0.4 is 5.73 Å². The SMILES string of the molecule is CCN(CC)CCCN(CC)CC1(N)CCC1. The van der Waals surface area contributed by atoms with Gasteiger partial charge in [-0.25, -0.2) is 0 Å². The molecule has 0 atom stereocenters. The van der Waals surface area contributed by atoms with Crippen molar-refractivity contribution in [3.05, 3.63) is 0 Å². The Balaban J connectivity index is 2.18. The number of nitrogens with two attached hydrogens (primary N) is 1. The summed E-state index contributed by atoms with van der Waals surface area (Å²) in [6, 6.07) is 0. The van der Waals surface area contributed by atoms with Gasteiger partial charge in [0.2, 0.25) is 0 Å². The van der Waals surface area contributed by atoms with Crippen LogP contribution in [-0.2, 0) is 0 Å². The van der Waals surface area contributed by atoms with E-state index in [1.165, 1.54) is 51.9 Å². The smallest absolute Gasteiger partial charge is 0.0283 e. The second kappa shape index (κ2) is 7.34. The minimum absolute atomic E-state index is 0.144. The Kier molecular flexibility index (Phi) is 6.45. The summed E-state index contributed by atoms with van der Waals surface area (Å²) in [7, 11) is 0. The molecule has 0 aliphatic heterocycles. The van der Waals surface area contributed by atoms with Crippen LogP contribution in [0.4, 0.5) is 0 Å². The van der Waals surface area contributed by atoms with Crippen molar-refractivity contribution in [3.63, 3.8) is 0 Å². The van der Waals surface area contributed by atoms with E-state index in [4.69, 9.17) is 5.73 Å². The summed E-state index contributed by atoms with van der Waals surface area (Å²) in [5.41, 5.74) is 6.46. The van der Waals surface area contributed by atoms with E-state index in [2.05, 4.69) is 30.6 Å². The largest absolute Gasteiger partial charge is 0.324 e. The Hall–Kier alpha value is -0.120. The van der Waals surface area contributed by atoms with Gasteiger partial charge in [0.1, 0.15) is 0 Å². The minimum Gasteiger partial charge on any atom is -0.324 e. The van der Waals surface area contributed by atoms with Crippen molar-refractivity contribution in [1.29, 1.82) is 0 Å². The van der Waals surface area contributed by atoms with Crippen LogP contribution in [0.25, 0.3) is 0 Å². The average molecular weight is 241 g/mol. The molecule has 0 spiro atoms. The second-order valence-electron chi connectivity index (χ2n) is 5.47. The fourth-order valence-corrected chi connectivity index (χ4v) is 2.64. The van der Waals surface area contributed by atoms with Crippen molar-refractivity contribution in [1.82, 2.24) is 9.80 Å². The van der Waals surface area contributed by atoms with E-state index in [1.807, 2.05) is 0 Å². The molecule has 0 aromatic carbocycles. The van der Waals surface area contributed by atoms with Gasteiger partial charge < -0.3 is 15.5 Å².